The number of benzene rings is 2. The number of rotatable bonds is 6. The standard InChI is InChI=1S/C25H32N4O3S/c1-24(2,3)19-5-4-6-20(14-19)25(11-12-25)27-22-16-33(31,32)15-18(23(22)30)13-17-7-9-21(10-8-17)28-29-26/h4-10,14,18,22-23,27,30H,11-13,15-16H2,1-3H3/t18-,22+,23+/m1/s1. The second-order valence-corrected chi connectivity index (χ2v) is 12.7. The zero-order chi connectivity index (χ0) is 23.9. The van der Waals surface area contributed by atoms with Crippen LogP contribution in [0.1, 0.15) is 50.3 Å². The Balaban J connectivity index is 1.53. The summed E-state index contributed by atoms with van der Waals surface area (Å²) >= 11 is 0. The lowest BCUT2D eigenvalue weighted by Gasteiger charge is -2.38. The maximum absolute atomic E-state index is 12.8. The first-order chi connectivity index (χ1) is 15.5. The summed E-state index contributed by atoms with van der Waals surface area (Å²) < 4.78 is 25.5. The Kier molecular flexibility index (Phi) is 6.31. The number of nitrogens with zero attached hydrogens (tertiary/aromatic N) is 3. The predicted octanol–water partition coefficient (Wildman–Crippen LogP) is 4.52. The van der Waals surface area contributed by atoms with E-state index < -0.39 is 27.9 Å². The van der Waals surface area contributed by atoms with Crippen LogP contribution in [0.3, 0.4) is 0 Å². The van der Waals surface area contributed by atoms with Crippen molar-refractivity contribution in [2.45, 2.75) is 63.1 Å². The van der Waals surface area contributed by atoms with Gasteiger partial charge in [-0.3, -0.25) is 0 Å². The third-order valence-corrected chi connectivity index (χ3v) is 8.69. The summed E-state index contributed by atoms with van der Waals surface area (Å²) in [5.74, 6) is -0.485. The number of aliphatic hydroxyl groups is 1. The predicted molar refractivity (Wildman–Crippen MR) is 130 cm³/mol. The summed E-state index contributed by atoms with van der Waals surface area (Å²) in [7, 11) is -3.30. The Hall–Kier alpha value is -2.38. The van der Waals surface area contributed by atoms with Crippen LogP contribution in [0.4, 0.5) is 5.69 Å². The van der Waals surface area contributed by atoms with Crippen molar-refractivity contribution in [1.29, 1.82) is 0 Å². The van der Waals surface area contributed by atoms with Crippen molar-refractivity contribution >= 4 is 15.5 Å². The summed E-state index contributed by atoms with van der Waals surface area (Å²) in [6.07, 6.45) is 1.53. The Morgan fingerprint density at radius 2 is 1.85 bits per heavy atom. The van der Waals surface area contributed by atoms with Gasteiger partial charge in [0.1, 0.15) is 0 Å². The minimum atomic E-state index is -3.30. The molecule has 1 saturated carbocycles. The van der Waals surface area contributed by atoms with Crippen molar-refractivity contribution in [1.82, 2.24) is 5.32 Å². The van der Waals surface area contributed by atoms with Gasteiger partial charge >= 0.3 is 0 Å². The minimum absolute atomic E-state index is 0.0268. The first-order valence-electron chi connectivity index (χ1n) is 11.4. The van der Waals surface area contributed by atoms with E-state index in [0.29, 0.717) is 12.1 Å². The largest absolute Gasteiger partial charge is 0.391 e. The summed E-state index contributed by atoms with van der Waals surface area (Å²) in [5.41, 5.74) is 12.1. The third-order valence-electron chi connectivity index (χ3n) is 6.88. The van der Waals surface area contributed by atoms with Gasteiger partial charge in [-0.1, -0.05) is 74.4 Å². The number of aliphatic hydroxyl groups excluding tert-OH is 1. The van der Waals surface area contributed by atoms with Crippen LogP contribution in [0.25, 0.3) is 10.4 Å². The van der Waals surface area contributed by atoms with Gasteiger partial charge in [0.15, 0.2) is 9.84 Å². The molecule has 1 heterocycles. The molecule has 0 amide bonds. The van der Waals surface area contributed by atoms with Crippen molar-refractivity contribution in [2.75, 3.05) is 11.5 Å². The molecule has 2 aromatic rings. The summed E-state index contributed by atoms with van der Waals surface area (Å²) in [6, 6.07) is 15.0. The van der Waals surface area contributed by atoms with E-state index in [0.717, 1.165) is 24.0 Å². The highest BCUT2D eigenvalue weighted by atomic mass is 32.2. The Morgan fingerprint density at radius 1 is 1.15 bits per heavy atom. The van der Waals surface area contributed by atoms with Crippen LogP contribution in [0, 0.1) is 5.92 Å². The molecule has 1 aliphatic heterocycles. The molecular weight excluding hydrogens is 436 g/mol. The summed E-state index contributed by atoms with van der Waals surface area (Å²) in [5, 5.41) is 18.3. The van der Waals surface area contributed by atoms with Gasteiger partial charge in [0.25, 0.3) is 0 Å². The molecule has 0 unspecified atom stereocenters. The molecule has 2 aromatic carbocycles. The van der Waals surface area contributed by atoms with Gasteiger partial charge in [0.2, 0.25) is 0 Å². The van der Waals surface area contributed by atoms with Gasteiger partial charge in [-0.25, -0.2) is 8.42 Å². The highest BCUT2D eigenvalue weighted by Gasteiger charge is 2.49. The average molecular weight is 469 g/mol. The molecule has 3 atom stereocenters. The number of hydrogen-bond donors (Lipinski definition) is 2. The van der Waals surface area contributed by atoms with Gasteiger partial charge in [-0.05, 0) is 46.9 Å². The highest BCUT2D eigenvalue weighted by Crippen LogP contribution is 2.47. The van der Waals surface area contributed by atoms with E-state index in [-0.39, 0.29) is 22.5 Å². The van der Waals surface area contributed by atoms with Crippen LogP contribution in [0.5, 0.6) is 0 Å². The quantitative estimate of drug-likeness (QED) is 0.368. The van der Waals surface area contributed by atoms with E-state index >= 15 is 0 Å². The number of nitrogens with one attached hydrogen (secondary N) is 1. The fourth-order valence-electron chi connectivity index (χ4n) is 4.83. The van der Waals surface area contributed by atoms with Crippen LogP contribution in [0.15, 0.2) is 53.6 Å². The van der Waals surface area contributed by atoms with Gasteiger partial charge < -0.3 is 10.4 Å². The van der Waals surface area contributed by atoms with Crippen molar-refractivity contribution < 1.29 is 13.5 Å². The SMILES string of the molecule is CC(C)(C)c1cccc(C2(N[C@H]3CS(=O)(=O)C[C@@H](Cc4ccc(N=[N+]=[N-])cc4)[C@@H]3O)CC2)c1. The van der Waals surface area contributed by atoms with Gasteiger partial charge in [-0.2, -0.15) is 0 Å². The lowest BCUT2D eigenvalue weighted by atomic mass is 9.85. The molecule has 1 saturated heterocycles. The molecule has 2 fully saturated rings. The number of azide groups is 1. The Morgan fingerprint density at radius 3 is 2.45 bits per heavy atom. The molecular formula is C25H32N4O3S. The van der Waals surface area contributed by atoms with E-state index in [4.69, 9.17) is 5.53 Å². The molecule has 2 aliphatic rings. The van der Waals surface area contributed by atoms with Crippen molar-refractivity contribution in [3.63, 3.8) is 0 Å². The van der Waals surface area contributed by atoms with Crippen molar-refractivity contribution in [3.8, 4) is 0 Å². The average Bonchev–Trinajstić information content (AvgIpc) is 3.53. The molecule has 4 rings (SSSR count). The molecule has 33 heavy (non-hydrogen) atoms. The van der Waals surface area contributed by atoms with Crippen LogP contribution < -0.4 is 5.32 Å². The lowest BCUT2D eigenvalue weighted by Crippen LogP contribution is -2.57. The number of hydrogen-bond acceptors (Lipinski definition) is 5. The summed E-state index contributed by atoms with van der Waals surface area (Å²) in [4.78, 5) is 2.77. The fourth-order valence-corrected chi connectivity index (χ4v) is 6.76. The van der Waals surface area contributed by atoms with Crippen LogP contribution >= 0.6 is 0 Å². The second-order valence-electron chi connectivity index (χ2n) is 10.6. The first-order valence-corrected chi connectivity index (χ1v) is 13.2. The topological polar surface area (TPSA) is 115 Å². The molecule has 176 valence electrons. The van der Waals surface area contributed by atoms with E-state index in [1.807, 2.05) is 12.1 Å². The van der Waals surface area contributed by atoms with E-state index in [1.165, 1.54) is 5.56 Å². The molecule has 0 spiro atoms. The maximum atomic E-state index is 12.8. The van der Waals surface area contributed by atoms with Crippen molar-refractivity contribution in [3.05, 3.63) is 75.7 Å². The molecule has 8 heteroatoms. The lowest BCUT2D eigenvalue weighted by molar-refractivity contribution is 0.0720. The van der Waals surface area contributed by atoms with Crippen LogP contribution in [0.2, 0.25) is 0 Å². The molecule has 2 N–H and O–H groups in total. The highest BCUT2D eigenvalue weighted by molar-refractivity contribution is 7.91. The van der Waals surface area contributed by atoms with Crippen LogP contribution in [-0.4, -0.2) is 37.2 Å². The minimum Gasteiger partial charge on any atom is -0.391 e. The third kappa shape index (κ3) is 5.41. The molecule has 0 radical (unpaired) electrons. The summed E-state index contributed by atoms with van der Waals surface area (Å²) in [6.45, 7) is 6.54. The molecule has 0 aromatic heterocycles. The Labute approximate surface area is 195 Å². The van der Waals surface area contributed by atoms with E-state index in [2.05, 4.69) is 60.4 Å². The second kappa shape index (κ2) is 8.76. The maximum Gasteiger partial charge on any atom is 0.152 e. The first kappa shape index (κ1) is 23.8. The molecule has 0 bridgehead atoms. The zero-order valence-corrected chi connectivity index (χ0v) is 20.2. The zero-order valence-electron chi connectivity index (χ0n) is 19.4. The fraction of sp³-hybridized carbons (Fsp3) is 0.520. The normalized spacial score (nSPS) is 25.8. The number of sulfone groups is 1. The smallest absolute Gasteiger partial charge is 0.152 e. The van der Waals surface area contributed by atoms with Crippen LogP contribution in [-0.2, 0) is 27.2 Å². The van der Waals surface area contributed by atoms with Crippen molar-refractivity contribution in [2.24, 2.45) is 11.0 Å². The van der Waals surface area contributed by atoms with Gasteiger partial charge in [-0.15, -0.1) is 0 Å². The molecule has 7 nitrogen and oxygen atoms in total. The van der Waals surface area contributed by atoms with Gasteiger partial charge in [0, 0.05) is 28.1 Å². The monoisotopic (exact) mass is 468 g/mol. The van der Waals surface area contributed by atoms with Gasteiger partial charge in [0.05, 0.1) is 17.6 Å². The molecule has 1 aliphatic carbocycles. The Bertz CT molecular complexity index is 1160. The van der Waals surface area contributed by atoms with E-state index in [1.54, 1.807) is 12.1 Å². The van der Waals surface area contributed by atoms with E-state index in [9.17, 15) is 13.5 Å².